The van der Waals surface area contributed by atoms with Crippen LogP contribution in [0.25, 0.3) is 0 Å². The second kappa shape index (κ2) is 7.17. The smallest absolute Gasteiger partial charge is 0.357 e. The van der Waals surface area contributed by atoms with Gasteiger partial charge >= 0.3 is 5.97 Å². The first kappa shape index (κ1) is 13.8. The highest BCUT2D eigenvalue weighted by Gasteiger charge is 2.36. The zero-order valence-electron chi connectivity index (χ0n) is 6.84. The summed E-state index contributed by atoms with van der Waals surface area (Å²) in [6.07, 6.45) is 0. The van der Waals surface area contributed by atoms with Gasteiger partial charge < -0.3 is 10.2 Å². The minimum absolute atomic E-state index is 0.505. The van der Waals surface area contributed by atoms with Gasteiger partial charge in [0.15, 0.2) is 0 Å². The monoisotopic (exact) mass is 260 g/mol. The Balaban J connectivity index is 4.08. The van der Waals surface area contributed by atoms with E-state index in [4.69, 9.17) is 5.11 Å². The van der Waals surface area contributed by atoms with E-state index in [0.29, 0.717) is 23.0 Å². The maximum absolute atomic E-state index is 10.7. The van der Waals surface area contributed by atoms with Crippen LogP contribution in [0.1, 0.15) is 0 Å². The molecular weight excluding hydrogens is 248 g/mol. The third kappa shape index (κ3) is 5.31. The number of aliphatic hydroxyl groups is 1. The first-order valence-electron chi connectivity index (χ1n) is 3.52. The van der Waals surface area contributed by atoms with Crippen molar-refractivity contribution in [2.45, 2.75) is 4.27 Å². The van der Waals surface area contributed by atoms with Crippen LogP contribution in [-0.2, 0) is 4.79 Å². The predicted molar refractivity (Wildman–Crippen MR) is 65.2 cm³/mol. The van der Waals surface area contributed by atoms with Gasteiger partial charge in [-0.15, -0.1) is 23.5 Å². The van der Waals surface area contributed by atoms with E-state index in [9.17, 15) is 9.90 Å². The van der Waals surface area contributed by atoms with Gasteiger partial charge in [-0.3, -0.25) is 0 Å². The standard InChI is InChI=1S/C6H12O3S4/c7-5(8)6(9,12-3-1-10)13-4-2-11/h9-11H,1-4H2,(H,7,8). The first-order valence-corrected chi connectivity index (χ1v) is 6.76. The number of thiol groups is 2. The summed E-state index contributed by atoms with van der Waals surface area (Å²) in [4.78, 5) is 10.7. The topological polar surface area (TPSA) is 57.5 Å². The Bertz CT molecular complexity index is 156. The van der Waals surface area contributed by atoms with E-state index < -0.39 is 10.2 Å². The van der Waals surface area contributed by atoms with Crippen molar-refractivity contribution in [1.82, 2.24) is 0 Å². The van der Waals surface area contributed by atoms with E-state index in [1.807, 2.05) is 0 Å². The number of thioether (sulfide) groups is 2. The predicted octanol–water partition coefficient (Wildman–Crippen LogP) is 1.04. The highest BCUT2D eigenvalue weighted by atomic mass is 32.2. The maximum atomic E-state index is 10.7. The third-order valence-corrected chi connectivity index (χ3v) is 4.76. The number of carboxylic acids is 1. The Morgan fingerprint density at radius 2 is 1.62 bits per heavy atom. The number of carbonyl (C=O) groups is 1. The molecule has 0 saturated carbocycles. The maximum Gasteiger partial charge on any atom is 0.357 e. The Hall–Kier alpha value is 0.830. The molecule has 0 aliphatic heterocycles. The van der Waals surface area contributed by atoms with Gasteiger partial charge in [0.05, 0.1) is 0 Å². The summed E-state index contributed by atoms with van der Waals surface area (Å²) in [6.45, 7) is 0. The van der Waals surface area contributed by atoms with E-state index in [1.54, 1.807) is 0 Å². The quantitative estimate of drug-likeness (QED) is 0.407. The number of aliphatic carboxylic acids is 1. The fourth-order valence-corrected chi connectivity index (χ4v) is 2.90. The molecule has 0 amide bonds. The lowest BCUT2D eigenvalue weighted by Crippen LogP contribution is -2.32. The highest BCUT2D eigenvalue weighted by Crippen LogP contribution is 2.34. The van der Waals surface area contributed by atoms with Crippen molar-refractivity contribution in [3.63, 3.8) is 0 Å². The van der Waals surface area contributed by atoms with Crippen LogP contribution in [0.15, 0.2) is 0 Å². The lowest BCUT2D eigenvalue weighted by molar-refractivity contribution is -0.143. The second-order valence-electron chi connectivity index (χ2n) is 2.03. The summed E-state index contributed by atoms with van der Waals surface area (Å²) in [5.41, 5.74) is 0. The van der Waals surface area contributed by atoms with Gasteiger partial charge in [0, 0.05) is 11.5 Å². The molecule has 0 rings (SSSR count). The molecule has 0 radical (unpaired) electrons. The summed E-state index contributed by atoms with van der Waals surface area (Å²) < 4.78 is -1.74. The van der Waals surface area contributed by atoms with Crippen LogP contribution in [0.2, 0.25) is 0 Å². The van der Waals surface area contributed by atoms with Crippen molar-refractivity contribution < 1.29 is 15.0 Å². The van der Waals surface area contributed by atoms with E-state index >= 15 is 0 Å². The van der Waals surface area contributed by atoms with Crippen molar-refractivity contribution in [2.24, 2.45) is 0 Å². The van der Waals surface area contributed by atoms with Crippen LogP contribution in [0.4, 0.5) is 0 Å². The average molecular weight is 260 g/mol. The average Bonchev–Trinajstić information content (AvgIpc) is 2.11. The van der Waals surface area contributed by atoms with Crippen molar-refractivity contribution in [3.8, 4) is 0 Å². The minimum Gasteiger partial charge on any atom is -0.478 e. The Morgan fingerprint density at radius 1 is 1.23 bits per heavy atom. The van der Waals surface area contributed by atoms with Gasteiger partial charge in [-0.1, -0.05) is 0 Å². The fraction of sp³-hybridized carbons (Fsp3) is 0.833. The highest BCUT2D eigenvalue weighted by molar-refractivity contribution is 8.19. The second-order valence-corrected chi connectivity index (χ2v) is 5.76. The van der Waals surface area contributed by atoms with Crippen LogP contribution in [0.5, 0.6) is 0 Å². The number of hydrogen-bond acceptors (Lipinski definition) is 6. The zero-order chi connectivity index (χ0) is 10.3. The summed E-state index contributed by atoms with van der Waals surface area (Å²) in [6, 6.07) is 0. The number of rotatable bonds is 7. The SMILES string of the molecule is O=C(O)C(O)(SCCS)SCCS. The molecule has 3 nitrogen and oxygen atoms in total. The molecule has 0 aromatic heterocycles. The molecule has 0 heterocycles. The van der Waals surface area contributed by atoms with E-state index in [2.05, 4.69) is 25.3 Å². The van der Waals surface area contributed by atoms with E-state index in [-0.39, 0.29) is 0 Å². The lowest BCUT2D eigenvalue weighted by atomic mass is 10.7. The number of hydrogen-bond donors (Lipinski definition) is 4. The summed E-state index contributed by atoms with van der Waals surface area (Å²) in [5, 5.41) is 18.4. The molecule has 78 valence electrons. The van der Waals surface area contributed by atoms with Crippen molar-refractivity contribution in [3.05, 3.63) is 0 Å². The zero-order valence-corrected chi connectivity index (χ0v) is 10.3. The van der Waals surface area contributed by atoms with Crippen molar-refractivity contribution in [2.75, 3.05) is 23.0 Å². The third-order valence-electron chi connectivity index (χ3n) is 1.05. The van der Waals surface area contributed by atoms with Crippen LogP contribution < -0.4 is 0 Å². The molecule has 0 aliphatic carbocycles. The summed E-state index contributed by atoms with van der Waals surface area (Å²) in [7, 11) is 0. The molecule has 0 atom stereocenters. The van der Waals surface area contributed by atoms with Gasteiger partial charge in [0.25, 0.3) is 4.27 Å². The van der Waals surface area contributed by atoms with Gasteiger partial charge in [-0.05, 0) is 11.5 Å². The molecule has 0 saturated heterocycles. The summed E-state index contributed by atoms with van der Waals surface area (Å²) >= 11 is 9.85. The molecule has 0 unspecified atom stereocenters. The first-order chi connectivity index (χ1) is 6.06. The Labute approximate surface area is 96.9 Å². The molecule has 2 N–H and O–H groups in total. The molecule has 7 heteroatoms. The van der Waals surface area contributed by atoms with Crippen LogP contribution in [0.3, 0.4) is 0 Å². The van der Waals surface area contributed by atoms with Crippen molar-refractivity contribution >= 4 is 54.8 Å². The van der Waals surface area contributed by atoms with Crippen LogP contribution in [0, 0.1) is 0 Å². The molecule has 0 bridgehead atoms. The Kier molecular flexibility index (Phi) is 7.62. The molecule has 0 spiro atoms. The minimum atomic E-state index is -1.74. The molecule has 0 aliphatic rings. The molecule has 0 fully saturated rings. The summed E-state index contributed by atoms with van der Waals surface area (Å²) in [5.74, 6) is 0.881. The van der Waals surface area contributed by atoms with E-state index in [1.165, 1.54) is 0 Å². The lowest BCUT2D eigenvalue weighted by Gasteiger charge is -2.21. The molecular formula is C6H12O3S4. The van der Waals surface area contributed by atoms with Crippen LogP contribution in [-0.4, -0.2) is 43.5 Å². The normalized spacial score (nSPS) is 11.6. The molecule has 0 aromatic rings. The Morgan fingerprint density at radius 3 is 1.85 bits per heavy atom. The van der Waals surface area contributed by atoms with Gasteiger partial charge in [-0.2, -0.15) is 25.3 Å². The molecule has 0 aromatic carbocycles. The van der Waals surface area contributed by atoms with Crippen molar-refractivity contribution in [1.29, 1.82) is 0 Å². The largest absolute Gasteiger partial charge is 0.478 e. The van der Waals surface area contributed by atoms with Gasteiger partial charge in [0.2, 0.25) is 0 Å². The number of carboxylic acid groups (broad SMARTS) is 1. The van der Waals surface area contributed by atoms with Gasteiger partial charge in [0.1, 0.15) is 0 Å². The fourth-order valence-electron chi connectivity index (χ4n) is 0.533. The van der Waals surface area contributed by atoms with Gasteiger partial charge in [-0.25, -0.2) is 4.79 Å². The van der Waals surface area contributed by atoms with Crippen LogP contribution >= 0.6 is 48.8 Å². The van der Waals surface area contributed by atoms with E-state index in [0.717, 1.165) is 23.5 Å². The molecule has 13 heavy (non-hydrogen) atoms.